The standard InChI is InChI=1S/C68H100N16O26/c1-6-32(2)53(63(104)75-39(19-21-50(90)91)57(98)72-33(3)55(96)74-40(20-22-51(92)93)58(99)78-43(28-48(69)88)66(107)84-26-10-14-47(84)68(109)110)81-60(101)41(27-36-15-17-37(87)18-16-36)76-62(103)46-13-9-25-83(46)67(108)44(31-85)79-59(100)42(29-52(94)95)77-61(102)45-12-8-24-82(45)65(106)34(4)73-64(105)54(35(5)86)80-49(89)30-71-56(97)38-11-7-23-70-38/h15-18,32-35,38-47,53-54,70,85-87H,6-14,19-31H2,1-5H3,(H2,69,88)(H,71,97)(H,72,98)(H,73,105)(H,74,96)(H,75,104)(H,76,103)(H,77,102)(H,78,99)(H,79,100)(H,80,89)(H,81,101)(H,90,91)(H,92,93)(H,94,95)(H,109,110)/t32-,33-,34-,35+,38-,39-,40-,41-,42-,43-,44-,45-,46-,47-,53-,54-/m0/s1. The second-order valence-electron chi connectivity index (χ2n) is 27.4. The summed E-state index contributed by atoms with van der Waals surface area (Å²) in [4.78, 5) is 256. The lowest BCUT2D eigenvalue weighted by Crippen LogP contribution is -2.61. The summed E-state index contributed by atoms with van der Waals surface area (Å²) in [6, 6.07) is -16.5. The van der Waals surface area contributed by atoms with Crippen LogP contribution in [-0.4, -0.2) is 293 Å². The number of primary amides is 1. The van der Waals surface area contributed by atoms with Crippen LogP contribution in [0.25, 0.3) is 0 Å². The zero-order chi connectivity index (χ0) is 82.0. The largest absolute Gasteiger partial charge is 0.508 e. The molecule has 0 spiro atoms. The number of aliphatic hydroxyl groups excluding tert-OH is 2. The number of aromatic hydroxyl groups is 1. The van der Waals surface area contributed by atoms with Crippen LogP contribution in [0.1, 0.15) is 136 Å². The zero-order valence-corrected chi connectivity index (χ0v) is 61.4. The number of hydrogen-bond acceptors (Lipinski definition) is 23. The van der Waals surface area contributed by atoms with Crippen LogP contribution in [0.2, 0.25) is 0 Å². The highest BCUT2D eigenvalue weighted by molar-refractivity contribution is 6.02. The number of carboxylic acids is 4. The molecule has 42 heteroatoms. The van der Waals surface area contributed by atoms with Crippen molar-refractivity contribution in [1.29, 1.82) is 0 Å². The molecule has 0 aromatic heterocycles. The highest BCUT2D eigenvalue weighted by atomic mass is 16.4. The molecule has 0 bridgehead atoms. The Morgan fingerprint density at radius 2 is 0.964 bits per heavy atom. The number of aliphatic hydroxyl groups is 2. The van der Waals surface area contributed by atoms with Crippen LogP contribution < -0.4 is 69.5 Å². The Balaban J connectivity index is 1.27. The predicted octanol–water partition coefficient (Wildman–Crippen LogP) is -7.75. The summed E-state index contributed by atoms with van der Waals surface area (Å²) in [6.45, 7) is 5.27. The van der Waals surface area contributed by atoms with E-state index in [0.717, 1.165) is 28.0 Å². The zero-order valence-electron chi connectivity index (χ0n) is 61.4. The van der Waals surface area contributed by atoms with Crippen LogP contribution in [-0.2, 0) is 97.5 Å². The SMILES string of the molecule is CC[C@H](C)[C@H](NC(=O)[C@H](Cc1ccc(O)cc1)NC(=O)[C@@H]1CCCN1C(=O)[C@H](CO)NC(=O)[C@H](CC(=O)O)NC(=O)[C@@H]1CCCN1C(=O)[C@H](C)NC(=O)[C@@H](NC(=O)CNC(=O)[C@@H]1CCCN1)[C@@H](C)O)C(=O)N[C@@H](CCC(=O)O)C(=O)N[C@@H](C)C(=O)N[C@@H](CCC(=O)O)C(=O)N[C@@H](CC(N)=O)C(=O)N1CCC[C@H]1C(=O)O. The van der Waals surface area contributed by atoms with Gasteiger partial charge in [-0.2, -0.15) is 0 Å². The highest BCUT2D eigenvalue weighted by Crippen LogP contribution is 2.24. The fraction of sp³-hybridized carbons (Fsp3) is 0.632. The third-order valence-electron chi connectivity index (χ3n) is 19.1. The number of carbonyl (C=O) groups is 19. The van der Waals surface area contributed by atoms with Gasteiger partial charge >= 0.3 is 23.9 Å². The van der Waals surface area contributed by atoms with Gasteiger partial charge in [0.05, 0.1) is 38.1 Å². The van der Waals surface area contributed by atoms with Crippen LogP contribution in [0, 0.1) is 5.92 Å². The maximum absolute atomic E-state index is 14.7. The van der Waals surface area contributed by atoms with E-state index in [0.29, 0.717) is 18.5 Å². The van der Waals surface area contributed by atoms with Crippen molar-refractivity contribution < 1.29 is 127 Å². The molecule has 4 heterocycles. The molecule has 0 radical (unpaired) electrons. The number of nitrogens with zero attached hydrogens (tertiary/aromatic N) is 3. The van der Waals surface area contributed by atoms with Crippen LogP contribution in [0.3, 0.4) is 0 Å². The number of rotatable bonds is 42. The van der Waals surface area contributed by atoms with Crippen LogP contribution in [0.4, 0.5) is 0 Å². The van der Waals surface area contributed by atoms with Gasteiger partial charge in [-0.1, -0.05) is 32.4 Å². The summed E-state index contributed by atoms with van der Waals surface area (Å²) in [5.41, 5.74) is 5.67. The van der Waals surface area contributed by atoms with Crippen molar-refractivity contribution in [2.24, 2.45) is 11.7 Å². The van der Waals surface area contributed by atoms with Gasteiger partial charge in [0.25, 0.3) is 0 Å². The molecule has 15 amide bonds. The van der Waals surface area contributed by atoms with Gasteiger partial charge in [-0.25, -0.2) is 4.79 Å². The normalized spacial score (nSPS) is 19.9. The molecule has 0 aliphatic carbocycles. The third kappa shape index (κ3) is 26.6. The highest BCUT2D eigenvalue weighted by Gasteiger charge is 2.45. The molecule has 0 unspecified atom stereocenters. The molecular formula is C68H100N16O26. The maximum Gasteiger partial charge on any atom is 0.326 e. The molecule has 110 heavy (non-hydrogen) atoms. The first-order valence-corrected chi connectivity index (χ1v) is 36.0. The number of benzene rings is 1. The third-order valence-corrected chi connectivity index (χ3v) is 19.1. The average molecular weight is 1560 g/mol. The van der Waals surface area contributed by atoms with E-state index in [1.807, 2.05) is 0 Å². The van der Waals surface area contributed by atoms with E-state index >= 15 is 0 Å². The fourth-order valence-corrected chi connectivity index (χ4v) is 12.8. The summed E-state index contributed by atoms with van der Waals surface area (Å²) >= 11 is 0. The van der Waals surface area contributed by atoms with E-state index in [1.54, 1.807) is 6.92 Å². The quantitative estimate of drug-likeness (QED) is 0.0289. The molecule has 4 fully saturated rings. The number of nitrogens with one attached hydrogen (secondary N) is 12. The lowest BCUT2D eigenvalue weighted by molar-refractivity contribution is -0.149. The summed E-state index contributed by atoms with van der Waals surface area (Å²) < 4.78 is 0. The average Bonchev–Trinajstić information content (AvgIpc) is 1.62. The summed E-state index contributed by atoms with van der Waals surface area (Å²) in [5, 5.41) is 98.8. The number of phenols is 1. The second kappa shape index (κ2) is 42.5. The Morgan fingerprint density at radius 3 is 1.47 bits per heavy atom. The van der Waals surface area contributed by atoms with E-state index in [-0.39, 0.29) is 76.8 Å². The van der Waals surface area contributed by atoms with Gasteiger partial charge in [0.2, 0.25) is 88.6 Å². The number of carboxylic acid groups (broad SMARTS) is 4. The Morgan fingerprint density at radius 1 is 0.491 bits per heavy atom. The predicted molar refractivity (Wildman–Crippen MR) is 376 cm³/mol. The molecule has 0 saturated carbocycles. The van der Waals surface area contributed by atoms with Crippen molar-refractivity contribution in [2.45, 2.75) is 228 Å². The van der Waals surface area contributed by atoms with E-state index in [4.69, 9.17) is 5.73 Å². The van der Waals surface area contributed by atoms with Crippen LogP contribution in [0.5, 0.6) is 5.75 Å². The van der Waals surface area contributed by atoms with Crippen LogP contribution in [0.15, 0.2) is 24.3 Å². The minimum absolute atomic E-state index is 0.0198. The van der Waals surface area contributed by atoms with Crippen LogP contribution >= 0.6 is 0 Å². The second-order valence-corrected chi connectivity index (χ2v) is 27.4. The first-order valence-electron chi connectivity index (χ1n) is 36.0. The van der Waals surface area contributed by atoms with Crippen molar-refractivity contribution in [1.82, 2.24) is 78.5 Å². The summed E-state index contributed by atoms with van der Waals surface area (Å²) in [5.74, 6) is -22.3. The first-order chi connectivity index (χ1) is 51.8. The van der Waals surface area contributed by atoms with Gasteiger partial charge in [0, 0.05) is 38.9 Å². The molecule has 4 aliphatic rings. The van der Waals surface area contributed by atoms with Crippen molar-refractivity contribution >= 4 is 112 Å². The Kier molecular flexibility index (Phi) is 34.6. The van der Waals surface area contributed by atoms with Gasteiger partial charge in [-0.15, -0.1) is 0 Å². The van der Waals surface area contributed by atoms with E-state index < -0.39 is 261 Å². The van der Waals surface area contributed by atoms with Gasteiger partial charge in [-0.05, 0) is 115 Å². The lowest BCUT2D eigenvalue weighted by atomic mass is 9.96. The van der Waals surface area contributed by atoms with Crippen molar-refractivity contribution in [3.8, 4) is 5.75 Å². The summed E-state index contributed by atoms with van der Waals surface area (Å²) in [7, 11) is 0. The van der Waals surface area contributed by atoms with E-state index in [2.05, 4.69) is 63.8 Å². The number of likely N-dealkylation sites (tertiary alicyclic amines) is 3. The minimum atomic E-state index is -1.97. The smallest absolute Gasteiger partial charge is 0.326 e. The molecule has 4 aliphatic heterocycles. The molecule has 1 aromatic carbocycles. The van der Waals surface area contributed by atoms with Crippen molar-refractivity contribution in [3.05, 3.63) is 29.8 Å². The summed E-state index contributed by atoms with van der Waals surface area (Å²) in [6.07, 6.45) is -4.63. The van der Waals surface area contributed by atoms with Gasteiger partial charge < -0.3 is 120 Å². The number of carbonyl (C=O) groups excluding carboxylic acids is 15. The number of phenolic OH excluding ortho intramolecular Hbond substituents is 1. The minimum Gasteiger partial charge on any atom is -0.508 e. The van der Waals surface area contributed by atoms with Crippen molar-refractivity contribution in [3.63, 3.8) is 0 Å². The molecule has 5 rings (SSSR count). The lowest BCUT2D eigenvalue weighted by Gasteiger charge is -2.31. The Labute approximate surface area is 630 Å². The van der Waals surface area contributed by atoms with Gasteiger partial charge in [0.1, 0.15) is 84.3 Å². The van der Waals surface area contributed by atoms with E-state index in [1.165, 1.54) is 45.0 Å². The van der Waals surface area contributed by atoms with Crippen molar-refractivity contribution in [2.75, 3.05) is 39.3 Å². The molecule has 42 nitrogen and oxygen atoms in total. The number of nitrogens with two attached hydrogens (primary N) is 1. The molecule has 608 valence electrons. The molecule has 21 N–H and O–H groups in total. The molecular weight excluding hydrogens is 1460 g/mol. The maximum atomic E-state index is 14.7. The Hall–Kier alpha value is -11.2. The molecule has 16 atom stereocenters. The Bertz CT molecular complexity index is 3580. The van der Waals surface area contributed by atoms with E-state index in [9.17, 15) is 127 Å². The topological polar surface area (TPSA) is 646 Å². The number of aliphatic carboxylic acids is 4. The van der Waals surface area contributed by atoms with Gasteiger partial charge in [-0.3, -0.25) is 86.3 Å². The van der Waals surface area contributed by atoms with Gasteiger partial charge in [0.15, 0.2) is 0 Å². The monoisotopic (exact) mass is 1560 g/mol. The molecule has 1 aromatic rings. The first kappa shape index (κ1) is 89.5. The fourth-order valence-electron chi connectivity index (χ4n) is 12.8. The molecule has 4 saturated heterocycles. The number of hydrogen-bond donors (Lipinski definition) is 20. The number of amides is 15.